The number of rotatable bonds is 6. The number of para-hydroxylation sites is 1. The zero-order valence-corrected chi connectivity index (χ0v) is 14.4. The number of benzene rings is 2. The van der Waals surface area contributed by atoms with Crippen LogP contribution in [0.15, 0.2) is 52.9 Å². The maximum atomic E-state index is 12.9. The highest BCUT2D eigenvalue weighted by Crippen LogP contribution is 2.26. The van der Waals surface area contributed by atoms with E-state index in [-0.39, 0.29) is 11.7 Å². The van der Waals surface area contributed by atoms with E-state index in [9.17, 15) is 9.18 Å². The molecule has 4 nitrogen and oxygen atoms in total. The van der Waals surface area contributed by atoms with Crippen molar-refractivity contribution in [3.05, 3.63) is 71.2 Å². The van der Waals surface area contributed by atoms with Crippen LogP contribution in [-0.4, -0.2) is 31.4 Å². The normalized spacial score (nSPS) is 11.2. The zero-order valence-electron chi connectivity index (χ0n) is 14.4. The molecule has 0 spiro atoms. The first-order valence-corrected chi connectivity index (χ1v) is 8.22. The molecule has 0 fully saturated rings. The fourth-order valence-electron chi connectivity index (χ4n) is 2.81. The summed E-state index contributed by atoms with van der Waals surface area (Å²) in [6.07, 6.45) is 0.634. The van der Waals surface area contributed by atoms with Gasteiger partial charge in [0.2, 0.25) is 0 Å². The molecule has 0 radical (unpaired) electrons. The summed E-state index contributed by atoms with van der Waals surface area (Å²) < 4.78 is 18.7. The van der Waals surface area contributed by atoms with Gasteiger partial charge < -0.3 is 14.6 Å². The van der Waals surface area contributed by atoms with Gasteiger partial charge in [0.05, 0.1) is 0 Å². The van der Waals surface area contributed by atoms with Crippen molar-refractivity contribution in [2.24, 2.45) is 0 Å². The summed E-state index contributed by atoms with van der Waals surface area (Å²) in [5.41, 5.74) is 2.57. The van der Waals surface area contributed by atoms with Gasteiger partial charge in [0.15, 0.2) is 5.76 Å². The lowest BCUT2D eigenvalue weighted by molar-refractivity contribution is 0.0926. The van der Waals surface area contributed by atoms with Crippen molar-refractivity contribution in [3.63, 3.8) is 0 Å². The lowest BCUT2D eigenvalue weighted by Gasteiger charge is -2.10. The molecule has 1 aromatic heterocycles. The second-order valence-corrected chi connectivity index (χ2v) is 6.28. The van der Waals surface area contributed by atoms with Gasteiger partial charge in [0.25, 0.3) is 5.91 Å². The molecule has 0 aliphatic heterocycles. The van der Waals surface area contributed by atoms with Crippen LogP contribution in [0.2, 0.25) is 0 Å². The van der Waals surface area contributed by atoms with E-state index in [0.29, 0.717) is 30.9 Å². The molecule has 0 saturated carbocycles. The summed E-state index contributed by atoms with van der Waals surface area (Å²) in [6.45, 7) is 1.08. The summed E-state index contributed by atoms with van der Waals surface area (Å²) in [7, 11) is 3.91. The Balaban J connectivity index is 1.73. The Labute approximate surface area is 146 Å². The number of hydrogen-bond donors (Lipinski definition) is 1. The number of carbonyl (C=O) groups is 1. The Bertz CT molecular complexity index is 869. The van der Waals surface area contributed by atoms with Crippen LogP contribution in [0.3, 0.4) is 0 Å². The van der Waals surface area contributed by atoms with Gasteiger partial charge in [-0.2, -0.15) is 0 Å². The molecule has 1 amide bonds. The lowest BCUT2D eigenvalue weighted by atomic mass is 10.1. The van der Waals surface area contributed by atoms with Crippen molar-refractivity contribution < 1.29 is 13.6 Å². The SMILES string of the molecule is CN(C)Cc1c(C(=O)NCCc2ccc(F)cc2)oc2ccccc12. The monoisotopic (exact) mass is 340 g/mol. The highest BCUT2D eigenvalue weighted by atomic mass is 19.1. The molecule has 1 N–H and O–H groups in total. The Morgan fingerprint density at radius 3 is 2.56 bits per heavy atom. The van der Waals surface area contributed by atoms with Crippen LogP contribution in [0, 0.1) is 5.82 Å². The largest absolute Gasteiger partial charge is 0.451 e. The van der Waals surface area contributed by atoms with E-state index in [0.717, 1.165) is 16.5 Å². The van der Waals surface area contributed by atoms with Gasteiger partial charge in [-0.1, -0.05) is 30.3 Å². The van der Waals surface area contributed by atoms with Gasteiger partial charge in [-0.15, -0.1) is 0 Å². The fourth-order valence-corrected chi connectivity index (χ4v) is 2.81. The number of halogens is 1. The molecule has 0 aliphatic carbocycles. The minimum absolute atomic E-state index is 0.227. The third-order valence-electron chi connectivity index (χ3n) is 3.99. The molecule has 130 valence electrons. The molecular weight excluding hydrogens is 319 g/mol. The number of hydrogen-bond acceptors (Lipinski definition) is 3. The van der Waals surface area contributed by atoms with Crippen LogP contribution in [0.4, 0.5) is 4.39 Å². The summed E-state index contributed by atoms with van der Waals surface area (Å²) in [5, 5.41) is 3.85. The van der Waals surface area contributed by atoms with Crippen LogP contribution < -0.4 is 5.32 Å². The average molecular weight is 340 g/mol. The first kappa shape index (κ1) is 17.2. The number of carbonyl (C=O) groups excluding carboxylic acids is 1. The molecule has 0 atom stereocenters. The predicted octanol–water partition coefficient (Wildman–Crippen LogP) is 3.61. The van der Waals surface area contributed by atoms with Gasteiger partial charge in [-0.25, -0.2) is 4.39 Å². The minimum Gasteiger partial charge on any atom is -0.451 e. The van der Waals surface area contributed by atoms with E-state index in [1.165, 1.54) is 12.1 Å². The Kier molecular flexibility index (Phi) is 5.14. The van der Waals surface area contributed by atoms with Gasteiger partial charge in [0.1, 0.15) is 11.4 Å². The number of nitrogens with zero attached hydrogens (tertiary/aromatic N) is 1. The molecule has 0 unspecified atom stereocenters. The van der Waals surface area contributed by atoms with Gasteiger partial charge in [0, 0.05) is 24.0 Å². The molecule has 3 rings (SSSR count). The van der Waals surface area contributed by atoms with Crippen molar-refractivity contribution in [3.8, 4) is 0 Å². The molecule has 2 aromatic carbocycles. The molecular formula is C20H21FN2O2. The topological polar surface area (TPSA) is 45.5 Å². The highest BCUT2D eigenvalue weighted by molar-refractivity contribution is 5.99. The maximum absolute atomic E-state index is 12.9. The number of nitrogens with one attached hydrogen (secondary N) is 1. The van der Waals surface area contributed by atoms with Crippen LogP contribution >= 0.6 is 0 Å². The number of furan rings is 1. The van der Waals surface area contributed by atoms with E-state index in [4.69, 9.17) is 4.42 Å². The standard InChI is InChI=1S/C20H21FN2O2/c1-23(2)13-17-16-5-3-4-6-18(16)25-19(17)20(24)22-12-11-14-7-9-15(21)10-8-14/h3-10H,11-13H2,1-2H3,(H,22,24). The van der Waals surface area contributed by atoms with Crippen molar-refractivity contribution >= 4 is 16.9 Å². The summed E-state index contributed by atoms with van der Waals surface area (Å²) >= 11 is 0. The number of amides is 1. The van der Waals surface area contributed by atoms with Crippen LogP contribution in [0.1, 0.15) is 21.7 Å². The van der Waals surface area contributed by atoms with E-state index < -0.39 is 0 Å². The summed E-state index contributed by atoms with van der Waals surface area (Å²) in [6, 6.07) is 13.9. The third-order valence-corrected chi connectivity index (χ3v) is 3.99. The van der Waals surface area contributed by atoms with Crippen molar-refractivity contribution in [2.75, 3.05) is 20.6 Å². The first-order chi connectivity index (χ1) is 12.0. The van der Waals surface area contributed by atoms with E-state index in [1.54, 1.807) is 12.1 Å². The molecule has 1 heterocycles. The first-order valence-electron chi connectivity index (χ1n) is 8.22. The molecule has 0 saturated heterocycles. The maximum Gasteiger partial charge on any atom is 0.287 e. The van der Waals surface area contributed by atoms with E-state index in [1.807, 2.05) is 43.3 Å². The van der Waals surface area contributed by atoms with Gasteiger partial charge >= 0.3 is 0 Å². The van der Waals surface area contributed by atoms with Crippen LogP contribution in [-0.2, 0) is 13.0 Å². The Morgan fingerprint density at radius 1 is 1.12 bits per heavy atom. The average Bonchev–Trinajstić information content (AvgIpc) is 2.95. The second-order valence-electron chi connectivity index (χ2n) is 6.28. The quantitative estimate of drug-likeness (QED) is 0.746. The smallest absolute Gasteiger partial charge is 0.287 e. The van der Waals surface area contributed by atoms with Gasteiger partial charge in [-0.05, 0) is 44.3 Å². The fraction of sp³-hybridized carbons (Fsp3) is 0.250. The van der Waals surface area contributed by atoms with Crippen molar-refractivity contribution in [1.82, 2.24) is 10.2 Å². The van der Waals surface area contributed by atoms with Crippen molar-refractivity contribution in [2.45, 2.75) is 13.0 Å². The highest BCUT2D eigenvalue weighted by Gasteiger charge is 2.20. The summed E-state index contributed by atoms with van der Waals surface area (Å²) in [5.74, 6) is -0.132. The van der Waals surface area contributed by atoms with Gasteiger partial charge in [-0.3, -0.25) is 4.79 Å². The molecule has 0 aliphatic rings. The molecule has 0 bridgehead atoms. The molecule has 25 heavy (non-hydrogen) atoms. The van der Waals surface area contributed by atoms with Crippen molar-refractivity contribution in [1.29, 1.82) is 0 Å². The predicted molar refractivity (Wildman–Crippen MR) is 96.0 cm³/mol. The van der Waals surface area contributed by atoms with Crippen LogP contribution in [0.25, 0.3) is 11.0 Å². The van der Waals surface area contributed by atoms with Crippen LogP contribution in [0.5, 0.6) is 0 Å². The molecule has 3 aromatic rings. The third kappa shape index (κ3) is 4.06. The lowest BCUT2D eigenvalue weighted by Crippen LogP contribution is -2.27. The Hall–Kier alpha value is -2.66. The zero-order chi connectivity index (χ0) is 17.8. The minimum atomic E-state index is -0.261. The molecule has 5 heteroatoms. The Morgan fingerprint density at radius 2 is 1.84 bits per heavy atom. The summed E-state index contributed by atoms with van der Waals surface area (Å²) in [4.78, 5) is 14.6. The van der Waals surface area contributed by atoms with E-state index >= 15 is 0 Å². The second kappa shape index (κ2) is 7.49. The number of fused-ring (bicyclic) bond motifs is 1. The van der Waals surface area contributed by atoms with E-state index in [2.05, 4.69) is 5.32 Å².